The van der Waals surface area contributed by atoms with Crippen molar-refractivity contribution < 1.29 is 19.0 Å². The van der Waals surface area contributed by atoms with Gasteiger partial charge in [-0.25, -0.2) is 4.79 Å². The smallest absolute Gasteiger partial charge is 0.404 e. The molecule has 0 saturated carbocycles. The van der Waals surface area contributed by atoms with Crippen LogP contribution in [0.25, 0.3) is 0 Å². The molecule has 7 nitrogen and oxygen atoms in total. The summed E-state index contributed by atoms with van der Waals surface area (Å²) in [5.41, 5.74) is 5.55. The molecule has 7 heteroatoms. The van der Waals surface area contributed by atoms with Crippen LogP contribution < -0.4 is 20.5 Å². The van der Waals surface area contributed by atoms with Crippen molar-refractivity contribution in [3.8, 4) is 11.5 Å². The van der Waals surface area contributed by atoms with Crippen molar-refractivity contribution in [2.75, 3.05) is 27.4 Å². The van der Waals surface area contributed by atoms with E-state index in [1.54, 1.807) is 26.5 Å². The lowest BCUT2D eigenvalue weighted by Gasteiger charge is -2.12. The minimum Gasteiger partial charge on any atom is -0.493 e. The van der Waals surface area contributed by atoms with Crippen LogP contribution in [0.3, 0.4) is 0 Å². The molecule has 1 rings (SSSR count). The fourth-order valence-corrected chi connectivity index (χ4v) is 1.41. The predicted molar refractivity (Wildman–Crippen MR) is 64.6 cm³/mol. The van der Waals surface area contributed by atoms with Crippen molar-refractivity contribution in [1.29, 1.82) is 0 Å². The summed E-state index contributed by atoms with van der Waals surface area (Å²) in [6, 6.07) is 1.72. The first-order valence-corrected chi connectivity index (χ1v) is 5.37. The molecule has 0 aliphatic heterocycles. The lowest BCUT2D eigenvalue weighted by molar-refractivity contribution is 0.157. The van der Waals surface area contributed by atoms with E-state index in [9.17, 15) is 4.79 Å². The summed E-state index contributed by atoms with van der Waals surface area (Å²) in [5, 5.41) is 3.05. The second-order valence-electron chi connectivity index (χ2n) is 3.34. The molecule has 0 aliphatic carbocycles. The molecule has 0 unspecified atom stereocenters. The number of nitrogens with zero attached hydrogens (tertiary/aromatic N) is 1. The second-order valence-corrected chi connectivity index (χ2v) is 3.34. The van der Waals surface area contributed by atoms with Crippen LogP contribution in [0.2, 0.25) is 0 Å². The summed E-state index contributed by atoms with van der Waals surface area (Å²) in [6.07, 6.45) is 0.854. The number of nitrogens with two attached hydrogens (primary N) is 1. The maximum atomic E-state index is 10.3. The number of primary amides is 1. The summed E-state index contributed by atoms with van der Waals surface area (Å²) in [5.74, 6) is 1.21. The predicted octanol–water partition coefficient (Wildman–Crippen LogP) is 0.284. The fraction of sp³-hybridized carbons (Fsp3) is 0.455. The van der Waals surface area contributed by atoms with Gasteiger partial charge in [-0.05, 0) is 0 Å². The Bertz CT molecular complexity index is 398. The van der Waals surface area contributed by atoms with E-state index in [1.807, 2.05) is 0 Å². The third-order valence-electron chi connectivity index (χ3n) is 2.18. The van der Waals surface area contributed by atoms with Gasteiger partial charge in [0.05, 0.1) is 19.9 Å². The van der Waals surface area contributed by atoms with Gasteiger partial charge in [-0.2, -0.15) is 0 Å². The number of hydrogen-bond donors (Lipinski definition) is 2. The van der Waals surface area contributed by atoms with E-state index < -0.39 is 6.09 Å². The SMILES string of the molecule is COc1ccnc(CNCCOC(N)=O)c1OC. The number of pyridine rings is 1. The van der Waals surface area contributed by atoms with Crippen molar-refractivity contribution in [3.05, 3.63) is 18.0 Å². The molecule has 18 heavy (non-hydrogen) atoms. The number of rotatable bonds is 7. The van der Waals surface area contributed by atoms with E-state index in [1.165, 1.54) is 0 Å². The zero-order chi connectivity index (χ0) is 13.4. The summed E-state index contributed by atoms with van der Waals surface area (Å²) >= 11 is 0. The molecule has 0 spiro atoms. The molecule has 3 N–H and O–H groups in total. The Kier molecular flexibility index (Phi) is 5.72. The van der Waals surface area contributed by atoms with Gasteiger partial charge < -0.3 is 25.3 Å². The number of ether oxygens (including phenoxy) is 3. The van der Waals surface area contributed by atoms with Crippen LogP contribution in [0.15, 0.2) is 12.3 Å². The Balaban J connectivity index is 2.49. The van der Waals surface area contributed by atoms with Crippen molar-refractivity contribution in [2.24, 2.45) is 5.73 Å². The van der Waals surface area contributed by atoms with Crippen molar-refractivity contribution in [2.45, 2.75) is 6.54 Å². The summed E-state index contributed by atoms with van der Waals surface area (Å²) < 4.78 is 15.0. The minimum absolute atomic E-state index is 0.210. The van der Waals surface area contributed by atoms with E-state index in [2.05, 4.69) is 15.0 Å². The number of nitrogens with one attached hydrogen (secondary N) is 1. The van der Waals surface area contributed by atoms with Crippen LogP contribution in [0.5, 0.6) is 11.5 Å². The first-order chi connectivity index (χ1) is 8.69. The molecule has 100 valence electrons. The summed E-state index contributed by atoms with van der Waals surface area (Å²) in [6.45, 7) is 1.16. The Morgan fingerprint density at radius 3 is 2.83 bits per heavy atom. The van der Waals surface area contributed by atoms with Gasteiger partial charge in [0.1, 0.15) is 6.61 Å². The Morgan fingerprint density at radius 1 is 1.44 bits per heavy atom. The number of methoxy groups -OCH3 is 2. The monoisotopic (exact) mass is 255 g/mol. The molecular weight excluding hydrogens is 238 g/mol. The molecule has 1 aromatic heterocycles. The normalized spacial score (nSPS) is 9.89. The molecule has 0 fully saturated rings. The average molecular weight is 255 g/mol. The Labute approximate surface area is 105 Å². The maximum Gasteiger partial charge on any atom is 0.404 e. The number of aromatic nitrogens is 1. The topological polar surface area (TPSA) is 95.7 Å². The van der Waals surface area contributed by atoms with E-state index in [0.29, 0.717) is 24.6 Å². The molecule has 0 aliphatic rings. The van der Waals surface area contributed by atoms with Crippen LogP contribution in [-0.2, 0) is 11.3 Å². The van der Waals surface area contributed by atoms with Crippen LogP contribution >= 0.6 is 0 Å². The highest BCUT2D eigenvalue weighted by Crippen LogP contribution is 2.28. The highest BCUT2D eigenvalue weighted by molar-refractivity contribution is 5.64. The van der Waals surface area contributed by atoms with Gasteiger partial charge in [0.15, 0.2) is 11.5 Å². The molecular formula is C11H17N3O4. The van der Waals surface area contributed by atoms with E-state index in [4.69, 9.17) is 15.2 Å². The Morgan fingerprint density at radius 2 is 2.22 bits per heavy atom. The first-order valence-electron chi connectivity index (χ1n) is 5.37. The largest absolute Gasteiger partial charge is 0.493 e. The molecule has 0 radical (unpaired) electrons. The van der Waals surface area contributed by atoms with Gasteiger partial charge in [0.25, 0.3) is 0 Å². The summed E-state index contributed by atoms with van der Waals surface area (Å²) in [7, 11) is 3.12. The second kappa shape index (κ2) is 7.33. The molecule has 0 saturated heterocycles. The maximum absolute atomic E-state index is 10.3. The van der Waals surface area contributed by atoms with Crippen LogP contribution in [-0.4, -0.2) is 38.4 Å². The number of carbonyl (C=O) groups is 1. The third kappa shape index (κ3) is 4.10. The van der Waals surface area contributed by atoms with Gasteiger partial charge in [-0.15, -0.1) is 0 Å². The lowest BCUT2D eigenvalue weighted by Crippen LogP contribution is -2.23. The standard InChI is InChI=1S/C11H17N3O4/c1-16-9-3-4-14-8(10(9)17-2)7-13-5-6-18-11(12)15/h3-4,13H,5-7H2,1-2H3,(H2,12,15). The first kappa shape index (κ1) is 14.0. The number of amides is 1. The van der Waals surface area contributed by atoms with Gasteiger partial charge >= 0.3 is 6.09 Å². The Hall–Kier alpha value is -2.02. The number of hydrogen-bond acceptors (Lipinski definition) is 6. The van der Waals surface area contributed by atoms with E-state index in [-0.39, 0.29) is 6.61 Å². The van der Waals surface area contributed by atoms with Crippen molar-refractivity contribution >= 4 is 6.09 Å². The highest BCUT2D eigenvalue weighted by Gasteiger charge is 2.10. The zero-order valence-electron chi connectivity index (χ0n) is 10.4. The van der Waals surface area contributed by atoms with Gasteiger partial charge in [-0.1, -0.05) is 0 Å². The van der Waals surface area contributed by atoms with Gasteiger partial charge in [-0.3, -0.25) is 4.98 Å². The molecule has 1 aromatic rings. The lowest BCUT2D eigenvalue weighted by atomic mass is 10.3. The van der Waals surface area contributed by atoms with Crippen LogP contribution in [0.4, 0.5) is 4.79 Å². The van der Waals surface area contributed by atoms with Crippen molar-refractivity contribution in [1.82, 2.24) is 10.3 Å². The van der Waals surface area contributed by atoms with Crippen LogP contribution in [0.1, 0.15) is 5.69 Å². The molecule has 0 aromatic carbocycles. The molecule has 0 bridgehead atoms. The third-order valence-corrected chi connectivity index (χ3v) is 2.18. The zero-order valence-corrected chi connectivity index (χ0v) is 10.4. The summed E-state index contributed by atoms with van der Waals surface area (Å²) in [4.78, 5) is 14.5. The van der Waals surface area contributed by atoms with Crippen molar-refractivity contribution in [3.63, 3.8) is 0 Å². The average Bonchev–Trinajstić information content (AvgIpc) is 2.37. The van der Waals surface area contributed by atoms with Gasteiger partial charge in [0, 0.05) is 25.4 Å². The van der Waals surface area contributed by atoms with Gasteiger partial charge in [0.2, 0.25) is 0 Å². The van der Waals surface area contributed by atoms with E-state index >= 15 is 0 Å². The molecule has 1 heterocycles. The highest BCUT2D eigenvalue weighted by atomic mass is 16.5. The van der Waals surface area contributed by atoms with Crippen LogP contribution in [0, 0.1) is 0 Å². The quantitative estimate of drug-likeness (QED) is 0.680. The molecule has 0 atom stereocenters. The fourth-order valence-electron chi connectivity index (χ4n) is 1.41. The van der Waals surface area contributed by atoms with E-state index in [0.717, 1.165) is 5.69 Å². The minimum atomic E-state index is -0.783. The number of carbonyl (C=O) groups excluding carboxylic acids is 1. The molecule has 1 amide bonds.